The topological polar surface area (TPSA) is 12.0 Å². The van der Waals surface area contributed by atoms with Crippen molar-refractivity contribution in [3.8, 4) is 0 Å². The highest BCUT2D eigenvalue weighted by Gasteiger charge is 2.37. The van der Waals surface area contributed by atoms with Gasteiger partial charge in [0.15, 0.2) is 0 Å². The molecule has 1 nitrogen and oxygen atoms in total. The van der Waals surface area contributed by atoms with E-state index in [9.17, 15) is 0 Å². The van der Waals surface area contributed by atoms with Crippen molar-refractivity contribution in [3.05, 3.63) is 0 Å². The zero-order chi connectivity index (χ0) is 19.8. The molecule has 0 aromatic carbocycles. The minimum Gasteiger partial charge on any atom is -0.311 e. The lowest BCUT2D eigenvalue weighted by molar-refractivity contribution is 0.0587. The van der Waals surface area contributed by atoms with Crippen LogP contribution in [0.2, 0.25) is 0 Å². The normalized spacial score (nSPS) is 22.6. The molecule has 0 spiro atoms. The van der Waals surface area contributed by atoms with E-state index in [1.807, 2.05) is 0 Å². The first-order valence-electron chi connectivity index (χ1n) is 11.9. The summed E-state index contributed by atoms with van der Waals surface area (Å²) in [6, 6.07) is 0. The summed E-state index contributed by atoms with van der Waals surface area (Å²) < 4.78 is 0. The number of nitrogens with one attached hydrogen (secondary N) is 1. The van der Waals surface area contributed by atoms with Gasteiger partial charge in [-0.25, -0.2) is 0 Å². The summed E-state index contributed by atoms with van der Waals surface area (Å²) in [7, 11) is 0. The smallest absolute Gasteiger partial charge is 0.0204 e. The maximum Gasteiger partial charge on any atom is 0.0204 e. The van der Waals surface area contributed by atoms with Gasteiger partial charge in [-0.15, -0.1) is 0 Å². The van der Waals surface area contributed by atoms with Gasteiger partial charge in [0.2, 0.25) is 0 Å². The van der Waals surface area contributed by atoms with Gasteiger partial charge < -0.3 is 5.32 Å². The van der Waals surface area contributed by atoms with Crippen molar-refractivity contribution in [2.75, 3.05) is 6.54 Å². The van der Waals surface area contributed by atoms with Crippen LogP contribution in [0, 0.1) is 29.1 Å². The summed E-state index contributed by atoms with van der Waals surface area (Å²) in [5, 5.41) is 3.83. The van der Waals surface area contributed by atoms with Crippen molar-refractivity contribution < 1.29 is 0 Å². The highest BCUT2D eigenvalue weighted by atomic mass is 15.0. The Hall–Kier alpha value is -0.0400. The maximum atomic E-state index is 3.83. The van der Waals surface area contributed by atoms with Crippen molar-refractivity contribution in [1.82, 2.24) is 5.32 Å². The third-order valence-corrected chi connectivity index (χ3v) is 7.80. The van der Waals surface area contributed by atoms with E-state index in [2.05, 4.69) is 60.7 Å². The standard InChI is InChI=1S/C13H27N.C12H24/c1-11(2)10-14-13(12(3)4)8-6-5-7-9-13;1-10(2)12(11(3)4)8-6-5-7-9-12/h11-12,14H,5-10H2,1-4H3;10-11H,5-9H2,1-4H3. The number of hydrogen-bond donors (Lipinski definition) is 1. The minimum atomic E-state index is 0.461. The number of hydrogen-bond acceptors (Lipinski definition) is 1. The molecule has 0 amide bonds. The lowest BCUT2D eigenvalue weighted by atomic mass is 9.61. The second-order valence-corrected chi connectivity index (χ2v) is 10.7. The Balaban J connectivity index is 0.000000263. The van der Waals surface area contributed by atoms with Crippen molar-refractivity contribution >= 4 is 0 Å². The van der Waals surface area contributed by atoms with Crippen molar-refractivity contribution in [3.63, 3.8) is 0 Å². The molecule has 0 aromatic heterocycles. The second kappa shape index (κ2) is 11.1. The second-order valence-electron chi connectivity index (χ2n) is 10.7. The Morgan fingerprint density at radius 2 is 1.00 bits per heavy atom. The molecule has 1 heteroatoms. The van der Waals surface area contributed by atoms with Crippen LogP contribution in [0.15, 0.2) is 0 Å². The average Bonchev–Trinajstić information content (AvgIpc) is 2.61. The molecule has 0 unspecified atom stereocenters. The van der Waals surface area contributed by atoms with Crippen LogP contribution in [0.5, 0.6) is 0 Å². The van der Waals surface area contributed by atoms with Crippen LogP contribution >= 0.6 is 0 Å². The predicted molar refractivity (Wildman–Crippen MR) is 119 cm³/mol. The lowest BCUT2D eigenvalue weighted by Gasteiger charge is -2.44. The quantitative estimate of drug-likeness (QED) is 0.505. The largest absolute Gasteiger partial charge is 0.311 e. The van der Waals surface area contributed by atoms with Gasteiger partial charge in [0, 0.05) is 5.54 Å². The molecule has 26 heavy (non-hydrogen) atoms. The van der Waals surface area contributed by atoms with E-state index in [-0.39, 0.29) is 0 Å². The summed E-state index contributed by atoms with van der Waals surface area (Å²) in [6.07, 6.45) is 14.4. The van der Waals surface area contributed by atoms with E-state index < -0.39 is 0 Å². The molecular weight excluding hydrogens is 314 g/mol. The van der Waals surface area contributed by atoms with Crippen molar-refractivity contribution in [2.24, 2.45) is 29.1 Å². The van der Waals surface area contributed by atoms with E-state index in [4.69, 9.17) is 0 Å². The third-order valence-electron chi connectivity index (χ3n) is 7.80. The van der Waals surface area contributed by atoms with Gasteiger partial charge in [0.1, 0.15) is 0 Å². The van der Waals surface area contributed by atoms with E-state index in [0.717, 1.165) is 23.7 Å². The molecule has 0 aliphatic heterocycles. The molecular formula is C25H51N. The first-order chi connectivity index (χ1) is 12.2. The first-order valence-corrected chi connectivity index (χ1v) is 11.9. The fraction of sp³-hybridized carbons (Fsp3) is 1.00. The zero-order valence-electron chi connectivity index (χ0n) is 19.6. The van der Waals surface area contributed by atoms with E-state index >= 15 is 0 Å². The molecule has 0 atom stereocenters. The van der Waals surface area contributed by atoms with Gasteiger partial charge in [-0.1, -0.05) is 93.9 Å². The van der Waals surface area contributed by atoms with Crippen LogP contribution in [-0.2, 0) is 0 Å². The number of rotatable bonds is 6. The summed E-state index contributed by atoms with van der Waals surface area (Å²) in [5.74, 6) is 3.30. The van der Waals surface area contributed by atoms with Crippen molar-refractivity contribution in [1.29, 1.82) is 0 Å². The highest BCUT2D eigenvalue weighted by Crippen LogP contribution is 2.47. The molecule has 0 radical (unpaired) electrons. The minimum absolute atomic E-state index is 0.461. The highest BCUT2D eigenvalue weighted by molar-refractivity contribution is 4.93. The van der Waals surface area contributed by atoms with Crippen LogP contribution in [0.4, 0.5) is 0 Å². The van der Waals surface area contributed by atoms with Gasteiger partial charge >= 0.3 is 0 Å². The van der Waals surface area contributed by atoms with Crippen LogP contribution in [0.3, 0.4) is 0 Å². The molecule has 0 saturated heterocycles. The fourth-order valence-corrected chi connectivity index (χ4v) is 5.58. The maximum absolute atomic E-state index is 3.83. The Labute approximate surface area is 166 Å². The summed E-state index contributed by atoms with van der Waals surface area (Å²) in [6.45, 7) is 20.1. The fourth-order valence-electron chi connectivity index (χ4n) is 5.58. The van der Waals surface area contributed by atoms with E-state index in [0.29, 0.717) is 11.0 Å². The van der Waals surface area contributed by atoms with Gasteiger partial charge in [-0.3, -0.25) is 0 Å². The van der Waals surface area contributed by atoms with Gasteiger partial charge in [-0.05, 0) is 61.3 Å². The molecule has 0 bridgehead atoms. The SMILES string of the molecule is CC(C)C1(C(C)C)CCCCC1.CC(C)CNC1(C(C)C)CCCCC1. The average molecular weight is 366 g/mol. The van der Waals surface area contributed by atoms with Crippen LogP contribution in [0.25, 0.3) is 0 Å². The molecule has 2 aliphatic carbocycles. The van der Waals surface area contributed by atoms with Gasteiger partial charge in [0.25, 0.3) is 0 Å². The van der Waals surface area contributed by atoms with Crippen LogP contribution < -0.4 is 5.32 Å². The first kappa shape index (κ1) is 24.0. The summed E-state index contributed by atoms with van der Waals surface area (Å²) in [5.41, 5.74) is 1.14. The summed E-state index contributed by atoms with van der Waals surface area (Å²) >= 11 is 0. The predicted octanol–water partition coefficient (Wildman–Crippen LogP) is 7.84. The molecule has 2 aliphatic rings. The molecule has 0 aromatic rings. The Morgan fingerprint density at radius 1 is 0.577 bits per heavy atom. The molecule has 1 N–H and O–H groups in total. The molecule has 2 fully saturated rings. The summed E-state index contributed by atoms with van der Waals surface area (Å²) in [4.78, 5) is 0. The molecule has 2 rings (SSSR count). The van der Waals surface area contributed by atoms with Gasteiger partial charge in [0.05, 0.1) is 0 Å². The van der Waals surface area contributed by atoms with Gasteiger partial charge in [-0.2, -0.15) is 0 Å². The molecule has 156 valence electrons. The Kier molecular flexibility index (Phi) is 10.2. The monoisotopic (exact) mass is 365 g/mol. The van der Waals surface area contributed by atoms with Crippen LogP contribution in [0.1, 0.15) is 120 Å². The van der Waals surface area contributed by atoms with Crippen LogP contribution in [-0.4, -0.2) is 12.1 Å². The Bertz CT molecular complexity index is 344. The zero-order valence-corrected chi connectivity index (χ0v) is 19.6. The molecule has 2 saturated carbocycles. The van der Waals surface area contributed by atoms with E-state index in [1.54, 1.807) is 0 Å². The van der Waals surface area contributed by atoms with Crippen molar-refractivity contribution in [2.45, 2.75) is 125 Å². The third kappa shape index (κ3) is 6.54. The Morgan fingerprint density at radius 3 is 1.31 bits per heavy atom. The molecule has 0 heterocycles. The lowest BCUT2D eigenvalue weighted by Crippen LogP contribution is -2.52. The van der Waals surface area contributed by atoms with E-state index in [1.165, 1.54) is 70.8 Å².